The maximum Gasteiger partial charge on any atom is 0.306 e. The molecule has 1 aliphatic rings. The lowest BCUT2D eigenvalue weighted by Gasteiger charge is -2.39. The van der Waals surface area contributed by atoms with Gasteiger partial charge in [0, 0.05) is 12.3 Å². The fraction of sp³-hybridized carbons (Fsp3) is 0.500. The van der Waals surface area contributed by atoms with Crippen molar-refractivity contribution < 1.29 is 14.3 Å². The first-order chi connectivity index (χ1) is 8.06. The van der Waals surface area contributed by atoms with Gasteiger partial charge in [0.1, 0.15) is 11.4 Å². The molecule has 17 heavy (non-hydrogen) atoms. The molecule has 0 bridgehead atoms. The first-order valence-corrected chi connectivity index (χ1v) is 5.92. The van der Waals surface area contributed by atoms with Crippen molar-refractivity contribution in [2.45, 2.75) is 32.3 Å². The molecule has 0 spiro atoms. The molecular formula is C14H18O3. The van der Waals surface area contributed by atoms with E-state index < -0.39 is 5.60 Å². The lowest BCUT2D eigenvalue weighted by atomic mass is 9.79. The number of esters is 1. The van der Waals surface area contributed by atoms with E-state index in [4.69, 9.17) is 9.47 Å². The topological polar surface area (TPSA) is 35.5 Å². The van der Waals surface area contributed by atoms with Gasteiger partial charge in [-0.1, -0.05) is 19.1 Å². The molecule has 0 N–H and O–H groups in total. The second kappa shape index (κ2) is 4.40. The standard InChI is InChI=1S/C14H18O3/c1-10-7-8-13(15)17-14(10,2)11-5-4-6-12(9-11)16-3/h4-6,9-10H,7-8H2,1-3H3/t10-,14+/m1/s1. The van der Waals surface area contributed by atoms with E-state index in [-0.39, 0.29) is 5.97 Å². The summed E-state index contributed by atoms with van der Waals surface area (Å²) in [5, 5.41) is 0. The predicted octanol–water partition coefficient (Wildman–Crippen LogP) is 2.88. The van der Waals surface area contributed by atoms with Gasteiger partial charge in [-0.15, -0.1) is 0 Å². The largest absolute Gasteiger partial charge is 0.497 e. The lowest BCUT2D eigenvalue weighted by Crippen LogP contribution is -2.40. The minimum Gasteiger partial charge on any atom is -0.497 e. The zero-order chi connectivity index (χ0) is 12.5. The summed E-state index contributed by atoms with van der Waals surface area (Å²) in [6, 6.07) is 7.74. The first kappa shape index (κ1) is 12.0. The highest BCUT2D eigenvalue weighted by atomic mass is 16.6. The number of carbonyl (C=O) groups is 1. The summed E-state index contributed by atoms with van der Waals surface area (Å²) in [6.45, 7) is 4.09. The van der Waals surface area contributed by atoms with Gasteiger partial charge >= 0.3 is 5.97 Å². The van der Waals surface area contributed by atoms with E-state index in [1.807, 2.05) is 31.2 Å². The number of hydrogen-bond donors (Lipinski definition) is 0. The highest BCUT2D eigenvalue weighted by Crippen LogP contribution is 2.40. The van der Waals surface area contributed by atoms with Crippen molar-refractivity contribution in [3.8, 4) is 5.75 Å². The number of cyclic esters (lactones) is 1. The Labute approximate surface area is 102 Å². The Morgan fingerprint density at radius 2 is 2.24 bits per heavy atom. The summed E-state index contributed by atoms with van der Waals surface area (Å²) in [7, 11) is 1.64. The molecule has 1 aromatic rings. The maximum absolute atomic E-state index is 11.5. The van der Waals surface area contributed by atoms with Crippen LogP contribution in [0, 0.1) is 5.92 Å². The molecule has 0 aromatic heterocycles. The molecule has 1 aliphatic heterocycles. The van der Waals surface area contributed by atoms with Crippen molar-refractivity contribution in [3.63, 3.8) is 0 Å². The van der Waals surface area contributed by atoms with Gasteiger partial charge in [0.2, 0.25) is 0 Å². The van der Waals surface area contributed by atoms with E-state index in [1.54, 1.807) is 7.11 Å². The minimum atomic E-state index is -0.538. The van der Waals surface area contributed by atoms with Crippen LogP contribution in [0.4, 0.5) is 0 Å². The number of methoxy groups -OCH3 is 1. The van der Waals surface area contributed by atoms with Crippen molar-refractivity contribution in [1.29, 1.82) is 0 Å². The molecule has 3 nitrogen and oxygen atoms in total. The van der Waals surface area contributed by atoms with Crippen LogP contribution >= 0.6 is 0 Å². The first-order valence-electron chi connectivity index (χ1n) is 5.92. The maximum atomic E-state index is 11.5. The van der Waals surface area contributed by atoms with Crippen LogP contribution in [-0.2, 0) is 15.1 Å². The molecule has 0 aliphatic carbocycles. The van der Waals surface area contributed by atoms with Crippen molar-refractivity contribution in [1.82, 2.24) is 0 Å². The summed E-state index contributed by atoms with van der Waals surface area (Å²) in [4.78, 5) is 11.5. The quantitative estimate of drug-likeness (QED) is 0.738. The third-order valence-corrected chi connectivity index (χ3v) is 3.69. The summed E-state index contributed by atoms with van der Waals surface area (Å²) in [5.41, 5.74) is 0.460. The van der Waals surface area contributed by atoms with E-state index in [0.717, 1.165) is 17.7 Å². The minimum absolute atomic E-state index is 0.117. The SMILES string of the molecule is COc1cccc([C@@]2(C)OC(=O)CC[C@H]2C)c1. The Kier molecular flexibility index (Phi) is 3.09. The van der Waals surface area contributed by atoms with E-state index >= 15 is 0 Å². The van der Waals surface area contributed by atoms with Crippen molar-refractivity contribution in [3.05, 3.63) is 29.8 Å². The van der Waals surface area contributed by atoms with Gasteiger partial charge in [-0.3, -0.25) is 4.79 Å². The third-order valence-electron chi connectivity index (χ3n) is 3.69. The summed E-state index contributed by atoms with van der Waals surface area (Å²) < 4.78 is 10.8. The number of hydrogen-bond acceptors (Lipinski definition) is 3. The Hall–Kier alpha value is -1.51. The fourth-order valence-corrected chi connectivity index (χ4v) is 2.27. The molecule has 1 heterocycles. The second-order valence-corrected chi connectivity index (χ2v) is 4.75. The van der Waals surface area contributed by atoms with Crippen molar-refractivity contribution in [2.24, 2.45) is 5.92 Å². The molecule has 1 saturated heterocycles. The smallest absolute Gasteiger partial charge is 0.306 e. The van der Waals surface area contributed by atoms with Crippen molar-refractivity contribution in [2.75, 3.05) is 7.11 Å². The summed E-state index contributed by atoms with van der Waals surface area (Å²) in [6.07, 6.45) is 1.38. The Morgan fingerprint density at radius 3 is 2.94 bits per heavy atom. The molecule has 0 saturated carbocycles. The van der Waals surface area contributed by atoms with Gasteiger partial charge in [-0.2, -0.15) is 0 Å². The fourth-order valence-electron chi connectivity index (χ4n) is 2.27. The van der Waals surface area contributed by atoms with Gasteiger partial charge in [0.25, 0.3) is 0 Å². The average molecular weight is 234 g/mol. The van der Waals surface area contributed by atoms with Crippen LogP contribution in [0.25, 0.3) is 0 Å². The van der Waals surface area contributed by atoms with E-state index in [9.17, 15) is 4.79 Å². The lowest BCUT2D eigenvalue weighted by molar-refractivity contribution is -0.174. The van der Waals surface area contributed by atoms with Crippen molar-refractivity contribution >= 4 is 5.97 Å². The van der Waals surface area contributed by atoms with Crippen LogP contribution in [0.1, 0.15) is 32.3 Å². The highest BCUT2D eigenvalue weighted by Gasteiger charge is 2.40. The van der Waals surface area contributed by atoms with Crippen LogP contribution < -0.4 is 4.74 Å². The number of rotatable bonds is 2. The van der Waals surface area contributed by atoms with Crippen LogP contribution in [0.2, 0.25) is 0 Å². The number of carbonyl (C=O) groups excluding carboxylic acids is 1. The Morgan fingerprint density at radius 1 is 1.47 bits per heavy atom. The molecule has 92 valence electrons. The monoisotopic (exact) mass is 234 g/mol. The van der Waals surface area contributed by atoms with Gasteiger partial charge in [-0.25, -0.2) is 0 Å². The molecule has 2 rings (SSSR count). The summed E-state index contributed by atoms with van der Waals surface area (Å²) in [5.74, 6) is 0.985. The predicted molar refractivity (Wildman–Crippen MR) is 64.8 cm³/mol. The molecule has 1 fully saturated rings. The normalized spacial score (nSPS) is 28.6. The molecule has 3 heteroatoms. The van der Waals surface area contributed by atoms with Gasteiger partial charge in [0.05, 0.1) is 7.11 Å². The Bertz CT molecular complexity index is 427. The number of ether oxygens (including phenoxy) is 2. The number of benzene rings is 1. The van der Waals surface area contributed by atoms with E-state index in [1.165, 1.54) is 0 Å². The molecular weight excluding hydrogens is 216 g/mol. The van der Waals surface area contributed by atoms with Crippen LogP contribution in [0.5, 0.6) is 5.75 Å². The Balaban J connectivity index is 2.37. The van der Waals surface area contributed by atoms with Crippen LogP contribution in [-0.4, -0.2) is 13.1 Å². The van der Waals surface area contributed by atoms with E-state index in [0.29, 0.717) is 12.3 Å². The summed E-state index contributed by atoms with van der Waals surface area (Å²) >= 11 is 0. The zero-order valence-electron chi connectivity index (χ0n) is 10.5. The molecule has 1 aromatic carbocycles. The third kappa shape index (κ3) is 2.14. The second-order valence-electron chi connectivity index (χ2n) is 4.75. The van der Waals surface area contributed by atoms with Gasteiger partial charge in [0.15, 0.2) is 0 Å². The van der Waals surface area contributed by atoms with Crippen LogP contribution in [0.15, 0.2) is 24.3 Å². The molecule has 2 atom stereocenters. The molecule has 0 radical (unpaired) electrons. The van der Waals surface area contributed by atoms with E-state index in [2.05, 4.69) is 6.92 Å². The average Bonchev–Trinajstić information content (AvgIpc) is 2.34. The zero-order valence-corrected chi connectivity index (χ0v) is 10.5. The molecule has 0 unspecified atom stereocenters. The van der Waals surface area contributed by atoms with Gasteiger partial charge in [-0.05, 0) is 31.0 Å². The molecule has 0 amide bonds. The van der Waals surface area contributed by atoms with Crippen LogP contribution in [0.3, 0.4) is 0 Å². The van der Waals surface area contributed by atoms with Gasteiger partial charge < -0.3 is 9.47 Å². The highest BCUT2D eigenvalue weighted by molar-refractivity contribution is 5.71.